The molecule has 12 nitrogen and oxygen atoms in total. The van der Waals surface area contributed by atoms with Gasteiger partial charge in [0.15, 0.2) is 0 Å². The Labute approximate surface area is 227 Å². The Morgan fingerprint density at radius 1 is 0.395 bits per heavy atom. The topological polar surface area (TPSA) is 119 Å². The minimum atomic E-state index is -4.02. The molecule has 0 rings (SSSR count). The van der Waals surface area contributed by atoms with E-state index in [4.69, 9.17) is 47.4 Å². The van der Waals surface area contributed by atoms with Crippen LogP contribution in [0.4, 0.5) is 4.20 Å². The van der Waals surface area contributed by atoms with Crippen molar-refractivity contribution in [3.8, 4) is 0 Å². The molecule has 0 saturated carbocycles. The van der Waals surface area contributed by atoms with Crippen LogP contribution >= 0.6 is 7.68 Å². The highest BCUT2D eigenvalue weighted by Gasteiger charge is 2.20. The first-order chi connectivity index (χ1) is 18.6. The minimum absolute atomic E-state index is 0.0287. The Kier molecular flexibility index (Phi) is 31.0. The molecule has 230 valence electrons. The molecule has 1 unspecified atom stereocenters. The van der Waals surface area contributed by atoms with Gasteiger partial charge in [0, 0.05) is 6.61 Å². The van der Waals surface area contributed by atoms with E-state index >= 15 is 0 Å². The van der Waals surface area contributed by atoms with Crippen LogP contribution in [0.5, 0.6) is 0 Å². The van der Waals surface area contributed by atoms with Crippen LogP contribution in [0.25, 0.3) is 0 Å². The maximum Gasteiger partial charge on any atom is 0.369 e. The van der Waals surface area contributed by atoms with Gasteiger partial charge in [0.2, 0.25) is 0 Å². The highest BCUT2D eigenvalue weighted by atomic mass is 31.2. The standard InChI is InChI=1S/C24H50FO12P/c1-3-27-5-6-28-7-8-29-9-10-30-11-12-31-13-14-32-15-16-33-17-18-34-19-20-35-21-22-36-23-24-38(25,26)37-4-2/h3-24H2,1-2H3. The first-order valence-corrected chi connectivity index (χ1v) is 15.0. The van der Waals surface area contributed by atoms with E-state index in [1.54, 1.807) is 6.92 Å². The van der Waals surface area contributed by atoms with E-state index in [0.29, 0.717) is 119 Å². The van der Waals surface area contributed by atoms with Crippen molar-refractivity contribution in [3.63, 3.8) is 0 Å². The summed E-state index contributed by atoms with van der Waals surface area (Å²) in [6, 6.07) is 0. The lowest BCUT2D eigenvalue weighted by atomic mass is 10.6. The van der Waals surface area contributed by atoms with E-state index in [0.717, 1.165) is 0 Å². The van der Waals surface area contributed by atoms with Crippen molar-refractivity contribution in [2.75, 3.05) is 145 Å². The number of hydrogen-bond donors (Lipinski definition) is 0. The van der Waals surface area contributed by atoms with Crippen LogP contribution in [0.15, 0.2) is 0 Å². The third-order valence-corrected chi connectivity index (χ3v) is 5.74. The first kappa shape index (κ1) is 37.7. The van der Waals surface area contributed by atoms with Crippen molar-refractivity contribution in [1.29, 1.82) is 0 Å². The molecule has 0 aliphatic heterocycles. The molecule has 0 aromatic carbocycles. The molecule has 0 aliphatic carbocycles. The van der Waals surface area contributed by atoms with Crippen molar-refractivity contribution in [2.45, 2.75) is 13.8 Å². The maximum absolute atomic E-state index is 13.3. The first-order valence-electron chi connectivity index (χ1n) is 13.3. The lowest BCUT2D eigenvalue weighted by Gasteiger charge is -2.09. The predicted molar refractivity (Wildman–Crippen MR) is 139 cm³/mol. The zero-order valence-electron chi connectivity index (χ0n) is 23.3. The van der Waals surface area contributed by atoms with E-state index < -0.39 is 7.68 Å². The molecule has 0 aliphatic rings. The van der Waals surface area contributed by atoms with Crippen molar-refractivity contribution in [1.82, 2.24) is 0 Å². The molecule has 0 N–H and O–H groups in total. The van der Waals surface area contributed by atoms with E-state index in [1.165, 1.54) is 0 Å². The third-order valence-electron chi connectivity index (χ3n) is 4.38. The number of ether oxygens (including phenoxy) is 10. The van der Waals surface area contributed by atoms with Gasteiger partial charge in [-0.3, -0.25) is 4.57 Å². The SMILES string of the molecule is CCOCCOCCOCCOCCOCCOCCOCCOCCOCCOCCP(=O)(F)OCC. The molecule has 0 aromatic heterocycles. The molecule has 0 heterocycles. The molecule has 0 fully saturated rings. The molecule has 0 bridgehead atoms. The molecule has 0 spiro atoms. The molecule has 1 atom stereocenters. The summed E-state index contributed by atoms with van der Waals surface area (Å²) >= 11 is 0. The largest absolute Gasteiger partial charge is 0.379 e. The molecule has 0 radical (unpaired) electrons. The number of hydrogen-bond acceptors (Lipinski definition) is 12. The van der Waals surface area contributed by atoms with Crippen molar-refractivity contribution < 1.29 is 60.7 Å². The fourth-order valence-electron chi connectivity index (χ4n) is 2.55. The van der Waals surface area contributed by atoms with Crippen LogP contribution in [0, 0.1) is 0 Å². The summed E-state index contributed by atoms with van der Waals surface area (Å²) in [5, 5.41) is 0. The van der Waals surface area contributed by atoms with Crippen molar-refractivity contribution in [3.05, 3.63) is 0 Å². The monoisotopic (exact) mass is 580 g/mol. The van der Waals surface area contributed by atoms with Crippen LogP contribution in [-0.4, -0.2) is 145 Å². The lowest BCUT2D eigenvalue weighted by Crippen LogP contribution is -2.15. The fraction of sp³-hybridized carbons (Fsp3) is 1.00. The predicted octanol–water partition coefficient (Wildman–Crippen LogP) is 2.37. The summed E-state index contributed by atoms with van der Waals surface area (Å²) in [6.45, 7) is 13.1. The summed E-state index contributed by atoms with van der Waals surface area (Å²) in [5.41, 5.74) is 0. The average molecular weight is 581 g/mol. The van der Waals surface area contributed by atoms with E-state index in [1.807, 2.05) is 6.92 Å². The smallest absolute Gasteiger partial charge is 0.369 e. The van der Waals surface area contributed by atoms with Gasteiger partial charge in [-0.05, 0) is 13.8 Å². The van der Waals surface area contributed by atoms with E-state index in [-0.39, 0.29) is 26.0 Å². The maximum atomic E-state index is 13.3. The summed E-state index contributed by atoms with van der Waals surface area (Å²) in [6.07, 6.45) is -0.247. The van der Waals surface area contributed by atoms with Gasteiger partial charge in [-0.25, -0.2) is 0 Å². The lowest BCUT2D eigenvalue weighted by molar-refractivity contribution is -0.0261. The Morgan fingerprint density at radius 2 is 0.632 bits per heavy atom. The van der Waals surface area contributed by atoms with Gasteiger partial charge in [-0.2, -0.15) is 4.20 Å². The summed E-state index contributed by atoms with van der Waals surface area (Å²) in [5.74, 6) is 0. The van der Waals surface area contributed by atoms with E-state index in [2.05, 4.69) is 4.52 Å². The zero-order chi connectivity index (χ0) is 27.8. The Morgan fingerprint density at radius 3 is 0.868 bits per heavy atom. The molecular formula is C24H50FO12P. The van der Waals surface area contributed by atoms with Crippen LogP contribution in [0.2, 0.25) is 0 Å². The Hall–Kier alpha value is -0.280. The van der Waals surface area contributed by atoms with Crippen LogP contribution in [0.1, 0.15) is 13.8 Å². The minimum Gasteiger partial charge on any atom is -0.379 e. The van der Waals surface area contributed by atoms with Gasteiger partial charge in [0.05, 0.1) is 138 Å². The molecule has 38 heavy (non-hydrogen) atoms. The molecular weight excluding hydrogens is 530 g/mol. The van der Waals surface area contributed by atoms with E-state index in [9.17, 15) is 8.76 Å². The normalized spacial score (nSPS) is 13.2. The highest BCUT2D eigenvalue weighted by molar-refractivity contribution is 7.53. The number of rotatable bonds is 33. The molecule has 0 saturated heterocycles. The van der Waals surface area contributed by atoms with Gasteiger partial charge in [0.1, 0.15) is 0 Å². The quantitative estimate of drug-likeness (QED) is 0.0838. The second kappa shape index (κ2) is 31.3. The second-order valence-electron chi connectivity index (χ2n) is 7.44. The molecule has 14 heteroatoms. The number of halogens is 1. The van der Waals surface area contributed by atoms with Crippen LogP contribution < -0.4 is 0 Å². The van der Waals surface area contributed by atoms with Gasteiger partial charge in [0.25, 0.3) is 0 Å². The van der Waals surface area contributed by atoms with Crippen LogP contribution in [-0.2, 0) is 56.5 Å². The highest BCUT2D eigenvalue weighted by Crippen LogP contribution is 2.47. The summed E-state index contributed by atoms with van der Waals surface area (Å²) in [4.78, 5) is 0. The third kappa shape index (κ3) is 31.9. The average Bonchev–Trinajstić information content (AvgIpc) is 2.89. The van der Waals surface area contributed by atoms with Crippen molar-refractivity contribution >= 4 is 7.68 Å². The van der Waals surface area contributed by atoms with Crippen molar-refractivity contribution in [2.24, 2.45) is 0 Å². The molecule has 0 amide bonds. The van der Waals surface area contributed by atoms with Gasteiger partial charge >= 0.3 is 7.68 Å². The fourth-order valence-corrected chi connectivity index (χ4v) is 3.42. The second-order valence-corrected chi connectivity index (χ2v) is 9.33. The summed E-state index contributed by atoms with van der Waals surface area (Å²) < 4.78 is 82.5. The Bertz CT molecular complexity index is 507. The van der Waals surface area contributed by atoms with Crippen LogP contribution in [0.3, 0.4) is 0 Å². The Balaban J connectivity index is 3.08. The summed E-state index contributed by atoms with van der Waals surface area (Å²) in [7, 11) is -4.02. The van der Waals surface area contributed by atoms with Gasteiger partial charge < -0.3 is 51.9 Å². The molecule has 0 aromatic rings. The van der Waals surface area contributed by atoms with Gasteiger partial charge in [-0.15, -0.1) is 0 Å². The zero-order valence-corrected chi connectivity index (χ0v) is 24.2. The van der Waals surface area contributed by atoms with Gasteiger partial charge in [-0.1, -0.05) is 0 Å².